The molecule has 11 heavy (non-hydrogen) atoms. The Morgan fingerprint density at radius 3 is 2.27 bits per heavy atom. The number of carbonyl (C=O) groups is 2. The van der Waals surface area contributed by atoms with E-state index in [1.807, 2.05) is 0 Å². The van der Waals surface area contributed by atoms with Crippen LogP contribution >= 0.6 is 22.5 Å². The normalized spacial score (nSPS) is 7.00. The van der Waals surface area contributed by atoms with Crippen molar-refractivity contribution < 1.29 is 76.7 Å². The maximum Gasteiger partial charge on any atom is 1.00 e. The molecule has 0 aromatic heterocycles. The first kappa shape index (κ1) is 18.4. The maximum absolute atomic E-state index is 10.2. The molecule has 0 saturated carbocycles. The van der Waals surface area contributed by atoms with Crippen LogP contribution in [0.25, 0.3) is 0 Å². The first-order valence-corrected chi connectivity index (χ1v) is 3.84. The van der Waals surface area contributed by atoms with Gasteiger partial charge in [-0.25, -0.2) is 0 Å². The molecule has 0 aliphatic carbocycles. The topological polar surface area (TPSA) is 66.4 Å². The van der Waals surface area contributed by atoms with E-state index in [4.69, 9.17) is 5.11 Å². The number of carbonyl (C=O) groups excluding carboxylic acids is 1. The minimum Gasteiger partial charge on any atom is -1.00 e. The van der Waals surface area contributed by atoms with Gasteiger partial charge in [0, 0.05) is 10.8 Å². The summed E-state index contributed by atoms with van der Waals surface area (Å²) in [5.41, 5.74) is 0. The van der Waals surface area contributed by atoms with Crippen molar-refractivity contribution in [1.29, 1.82) is 0 Å². The van der Waals surface area contributed by atoms with Crippen LogP contribution < -0.4 is 64.4 Å². The molecule has 0 atom stereocenters. The fourth-order valence-corrected chi connectivity index (χ4v) is 0.510. The van der Waals surface area contributed by atoms with Crippen LogP contribution in [0.4, 0.5) is 4.79 Å². The van der Waals surface area contributed by atoms with Crippen LogP contribution in [0.2, 0.25) is 0 Å². The Morgan fingerprint density at radius 1 is 1.55 bits per heavy atom. The predicted octanol–water partition coefficient (Wildman–Crippen LogP) is -5.41. The smallest absolute Gasteiger partial charge is 1.00 e. The standard InChI is InChI=1S/C3H5NO3S2.2Na.2H/c5-2(6)1-4-3(7)9-8;;;;/h8H,1H2,(H,4,7)(H,5,6);;;;/q;2*+1;2*-1. The van der Waals surface area contributed by atoms with E-state index < -0.39 is 11.2 Å². The van der Waals surface area contributed by atoms with Gasteiger partial charge in [-0.3, -0.25) is 9.59 Å². The maximum atomic E-state index is 10.2. The van der Waals surface area contributed by atoms with Crippen LogP contribution in [0.5, 0.6) is 0 Å². The molecule has 0 radical (unpaired) electrons. The quantitative estimate of drug-likeness (QED) is 0.244. The number of aliphatic carboxylic acids is 1. The van der Waals surface area contributed by atoms with E-state index >= 15 is 0 Å². The second-order valence-corrected chi connectivity index (χ2v) is 2.23. The third-order valence-corrected chi connectivity index (χ3v) is 1.27. The summed E-state index contributed by atoms with van der Waals surface area (Å²) in [5.74, 6) is -1.06. The van der Waals surface area contributed by atoms with E-state index in [2.05, 4.69) is 17.0 Å². The molecule has 0 aliphatic rings. The van der Waals surface area contributed by atoms with E-state index in [1.165, 1.54) is 0 Å². The Hall–Kier alpha value is 1.64. The summed E-state index contributed by atoms with van der Waals surface area (Å²) in [6, 6.07) is 0. The van der Waals surface area contributed by atoms with Crippen LogP contribution in [0, 0.1) is 0 Å². The molecule has 56 valence electrons. The van der Waals surface area contributed by atoms with E-state index in [9.17, 15) is 9.59 Å². The third-order valence-electron chi connectivity index (χ3n) is 0.467. The summed E-state index contributed by atoms with van der Waals surface area (Å²) in [4.78, 5) is 20.0. The van der Waals surface area contributed by atoms with Crippen LogP contribution in [0.1, 0.15) is 2.85 Å². The summed E-state index contributed by atoms with van der Waals surface area (Å²) >= 11 is 3.53. The third kappa shape index (κ3) is 14.5. The van der Waals surface area contributed by atoms with Crippen LogP contribution in [0.15, 0.2) is 0 Å². The zero-order valence-electron chi connectivity index (χ0n) is 8.33. The Balaban J connectivity index is -0.0000000533. The molecule has 8 heteroatoms. The van der Waals surface area contributed by atoms with Crippen molar-refractivity contribution in [2.45, 2.75) is 0 Å². The number of hydrogen-bond donors (Lipinski definition) is 3. The van der Waals surface area contributed by atoms with Gasteiger partial charge in [0.15, 0.2) is 0 Å². The van der Waals surface area contributed by atoms with Crippen molar-refractivity contribution in [3.63, 3.8) is 0 Å². The molecule has 0 spiro atoms. The number of nitrogens with one attached hydrogen (secondary N) is 1. The van der Waals surface area contributed by atoms with Crippen molar-refractivity contribution in [1.82, 2.24) is 5.32 Å². The molecule has 1 amide bonds. The number of carboxylic acids is 1. The molecule has 0 aliphatic heterocycles. The number of hydrogen-bond acceptors (Lipinski definition) is 4. The van der Waals surface area contributed by atoms with Crippen LogP contribution in [-0.4, -0.2) is 22.9 Å². The van der Waals surface area contributed by atoms with Gasteiger partial charge in [-0.2, -0.15) is 0 Å². The van der Waals surface area contributed by atoms with Crippen molar-refractivity contribution >= 4 is 33.7 Å². The van der Waals surface area contributed by atoms with Crippen molar-refractivity contribution in [2.24, 2.45) is 0 Å². The first-order chi connectivity index (χ1) is 4.16. The Bertz CT molecular complexity index is 142. The number of rotatable bonds is 2. The molecule has 0 saturated heterocycles. The molecule has 0 aromatic carbocycles. The zero-order chi connectivity index (χ0) is 7.28. The van der Waals surface area contributed by atoms with Crippen LogP contribution in [0.3, 0.4) is 0 Å². The van der Waals surface area contributed by atoms with Gasteiger partial charge in [0.2, 0.25) is 0 Å². The fraction of sp³-hybridized carbons (Fsp3) is 0.333. The van der Waals surface area contributed by atoms with Gasteiger partial charge in [-0.1, -0.05) is 0 Å². The predicted molar refractivity (Wildman–Crippen MR) is 39.8 cm³/mol. The largest absolute Gasteiger partial charge is 1.00 e. The monoisotopic (exact) mass is 215 g/mol. The van der Waals surface area contributed by atoms with E-state index in [0.29, 0.717) is 10.8 Å². The second-order valence-electron chi connectivity index (χ2n) is 1.13. The summed E-state index contributed by atoms with van der Waals surface area (Å²) in [6.07, 6.45) is 0. The molecule has 0 unspecified atom stereocenters. The average Bonchev–Trinajstić information content (AvgIpc) is 1.83. The summed E-state index contributed by atoms with van der Waals surface area (Å²) < 4.78 is 0. The Morgan fingerprint density at radius 2 is 2.00 bits per heavy atom. The molecule has 0 fully saturated rings. The molecule has 0 aromatic rings. The first-order valence-electron chi connectivity index (χ1n) is 1.98. The molecule has 2 N–H and O–H groups in total. The summed E-state index contributed by atoms with van der Waals surface area (Å²) in [7, 11) is 0.648. The number of amides is 1. The number of thiol groups is 1. The van der Waals surface area contributed by atoms with E-state index in [1.54, 1.807) is 0 Å². The van der Waals surface area contributed by atoms with Gasteiger partial charge < -0.3 is 13.3 Å². The average molecular weight is 215 g/mol. The minimum absolute atomic E-state index is 0. The fourth-order valence-electron chi connectivity index (χ4n) is 0.180. The van der Waals surface area contributed by atoms with Gasteiger partial charge >= 0.3 is 65.1 Å². The van der Waals surface area contributed by atoms with Crippen molar-refractivity contribution in [3.8, 4) is 0 Å². The number of carboxylic acid groups (broad SMARTS) is 1. The molecule has 0 heterocycles. The summed E-state index contributed by atoms with van der Waals surface area (Å²) in [5, 5.41) is 9.63. The molecular formula is C3H7NNa2O3S2. The van der Waals surface area contributed by atoms with Gasteiger partial charge in [0.05, 0.1) is 0 Å². The molecular weight excluding hydrogens is 208 g/mol. The zero-order valence-corrected chi connectivity index (χ0v) is 12.0. The van der Waals surface area contributed by atoms with E-state index in [-0.39, 0.29) is 68.5 Å². The minimum atomic E-state index is -1.06. The van der Waals surface area contributed by atoms with Gasteiger partial charge in [0.25, 0.3) is 5.24 Å². The van der Waals surface area contributed by atoms with Gasteiger partial charge in [-0.15, -0.1) is 11.7 Å². The van der Waals surface area contributed by atoms with Gasteiger partial charge in [0.1, 0.15) is 6.54 Å². The SMILES string of the molecule is O=C(O)CNC(=O)SS.[H-].[H-].[Na+].[Na+]. The van der Waals surface area contributed by atoms with E-state index in [0.717, 1.165) is 0 Å². The van der Waals surface area contributed by atoms with Crippen molar-refractivity contribution in [2.75, 3.05) is 6.54 Å². The molecule has 0 bridgehead atoms. The Labute approximate surface area is 121 Å². The Kier molecular flexibility index (Phi) is 19.5. The summed E-state index contributed by atoms with van der Waals surface area (Å²) in [6.45, 7) is -0.355. The van der Waals surface area contributed by atoms with Gasteiger partial charge in [-0.05, 0) is 0 Å². The van der Waals surface area contributed by atoms with Crippen molar-refractivity contribution in [3.05, 3.63) is 0 Å². The molecule has 0 rings (SSSR count). The molecule has 4 nitrogen and oxygen atoms in total. The second kappa shape index (κ2) is 11.6. The van der Waals surface area contributed by atoms with Crippen LogP contribution in [-0.2, 0) is 4.79 Å².